The molecule has 3 rings (SSSR count). The molecular formula is C18H16F2N4OS. The zero-order chi connectivity index (χ0) is 19.0. The summed E-state index contributed by atoms with van der Waals surface area (Å²) in [5.41, 5.74) is 1.15. The van der Waals surface area contributed by atoms with Crippen LogP contribution in [0.25, 0.3) is 10.2 Å². The molecule has 0 atom stereocenters. The Morgan fingerprint density at radius 2 is 2.12 bits per heavy atom. The van der Waals surface area contributed by atoms with Crippen molar-refractivity contribution in [3.05, 3.63) is 46.0 Å². The number of thiazole rings is 1. The van der Waals surface area contributed by atoms with E-state index in [9.17, 15) is 13.6 Å². The Labute approximate surface area is 152 Å². The Kier molecular flexibility index (Phi) is 4.74. The molecule has 26 heavy (non-hydrogen) atoms. The number of fused-ring (bicyclic) bond motifs is 1. The second kappa shape index (κ2) is 6.84. The molecule has 3 aromatic rings. The summed E-state index contributed by atoms with van der Waals surface area (Å²) < 4.78 is 31.0. The van der Waals surface area contributed by atoms with E-state index in [0.29, 0.717) is 16.1 Å². The predicted octanol–water partition coefficient (Wildman–Crippen LogP) is 3.44. The lowest BCUT2D eigenvalue weighted by Crippen LogP contribution is -2.19. The second-order valence-electron chi connectivity index (χ2n) is 6.04. The molecule has 2 aromatic heterocycles. The summed E-state index contributed by atoms with van der Waals surface area (Å²) in [7, 11) is 0. The number of terminal acetylenes is 1. The lowest BCUT2D eigenvalue weighted by Gasteiger charge is -2.08. The molecule has 2 heterocycles. The highest BCUT2D eigenvalue weighted by Crippen LogP contribution is 2.22. The predicted molar refractivity (Wildman–Crippen MR) is 95.8 cm³/mol. The molecule has 1 aromatic carbocycles. The summed E-state index contributed by atoms with van der Waals surface area (Å²) in [5, 5.41) is 4.29. The van der Waals surface area contributed by atoms with Gasteiger partial charge in [-0.25, -0.2) is 8.78 Å². The van der Waals surface area contributed by atoms with Crippen molar-refractivity contribution in [3.8, 4) is 12.3 Å². The fourth-order valence-electron chi connectivity index (χ4n) is 2.67. The molecule has 0 aliphatic carbocycles. The van der Waals surface area contributed by atoms with Gasteiger partial charge in [0.25, 0.3) is 5.91 Å². The third-order valence-electron chi connectivity index (χ3n) is 3.71. The van der Waals surface area contributed by atoms with Crippen LogP contribution < -0.4 is 4.80 Å². The SMILES string of the molecule is C#CCn1c(=NC(=O)c2cc(C)nn2C(C)C)sc2cc(F)cc(F)c21. The van der Waals surface area contributed by atoms with Gasteiger partial charge in [-0.3, -0.25) is 9.48 Å². The van der Waals surface area contributed by atoms with E-state index < -0.39 is 17.5 Å². The van der Waals surface area contributed by atoms with Crippen LogP contribution in [0.1, 0.15) is 36.1 Å². The van der Waals surface area contributed by atoms with Crippen LogP contribution in [0.5, 0.6) is 0 Å². The number of nitrogens with zero attached hydrogens (tertiary/aromatic N) is 4. The van der Waals surface area contributed by atoms with Crippen molar-refractivity contribution in [2.45, 2.75) is 33.4 Å². The number of rotatable bonds is 3. The van der Waals surface area contributed by atoms with Crippen LogP contribution in [0.3, 0.4) is 0 Å². The van der Waals surface area contributed by atoms with Crippen molar-refractivity contribution in [1.82, 2.24) is 14.3 Å². The van der Waals surface area contributed by atoms with Crippen molar-refractivity contribution in [2.24, 2.45) is 4.99 Å². The molecule has 0 unspecified atom stereocenters. The fraction of sp³-hybridized carbons (Fsp3) is 0.278. The number of aromatic nitrogens is 3. The van der Waals surface area contributed by atoms with Gasteiger partial charge in [0.2, 0.25) is 0 Å². The number of carbonyl (C=O) groups is 1. The van der Waals surface area contributed by atoms with Crippen molar-refractivity contribution in [1.29, 1.82) is 0 Å². The van der Waals surface area contributed by atoms with Gasteiger partial charge < -0.3 is 4.57 Å². The molecule has 0 aliphatic heterocycles. The summed E-state index contributed by atoms with van der Waals surface area (Å²) in [4.78, 5) is 17.0. The fourth-order valence-corrected chi connectivity index (χ4v) is 3.73. The van der Waals surface area contributed by atoms with Gasteiger partial charge in [-0.05, 0) is 32.9 Å². The standard InChI is InChI=1S/C18H16F2N4OS/c1-5-6-23-16-13(20)8-12(19)9-15(16)26-18(23)21-17(25)14-7-11(4)22-24(14)10(2)3/h1,7-10H,6H2,2-4H3. The Balaban J connectivity index is 2.22. The molecule has 1 amide bonds. The molecule has 0 bridgehead atoms. The third-order valence-corrected chi connectivity index (χ3v) is 4.73. The van der Waals surface area contributed by atoms with E-state index in [1.54, 1.807) is 17.7 Å². The molecule has 0 N–H and O–H groups in total. The molecule has 0 saturated carbocycles. The first-order chi connectivity index (χ1) is 12.3. The first-order valence-electron chi connectivity index (χ1n) is 7.89. The van der Waals surface area contributed by atoms with Crippen LogP contribution in [0.15, 0.2) is 23.2 Å². The highest BCUT2D eigenvalue weighted by molar-refractivity contribution is 7.16. The summed E-state index contributed by atoms with van der Waals surface area (Å²) >= 11 is 1.01. The average molecular weight is 374 g/mol. The van der Waals surface area contributed by atoms with E-state index in [4.69, 9.17) is 6.42 Å². The van der Waals surface area contributed by atoms with E-state index in [0.717, 1.165) is 17.4 Å². The van der Waals surface area contributed by atoms with E-state index in [-0.39, 0.29) is 22.9 Å². The molecule has 8 heteroatoms. The van der Waals surface area contributed by atoms with Gasteiger partial charge in [0.15, 0.2) is 10.6 Å². The van der Waals surface area contributed by atoms with Gasteiger partial charge in [-0.1, -0.05) is 17.3 Å². The smallest absolute Gasteiger partial charge is 0.297 e. The summed E-state index contributed by atoms with van der Waals surface area (Å²) in [5.74, 6) is 0.450. The quantitative estimate of drug-likeness (QED) is 0.660. The highest BCUT2D eigenvalue weighted by Gasteiger charge is 2.17. The minimum Gasteiger partial charge on any atom is -0.302 e. The van der Waals surface area contributed by atoms with Crippen molar-refractivity contribution in [3.63, 3.8) is 0 Å². The van der Waals surface area contributed by atoms with Crippen molar-refractivity contribution < 1.29 is 13.6 Å². The number of hydrogen-bond donors (Lipinski definition) is 0. The zero-order valence-electron chi connectivity index (χ0n) is 14.5. The van der Waals surface area contributed by atoms with Crippen LogP contribution >= 0.6 is 11.3 Å². The molecule has 134 valence electrons. The van der Waals surface area contributed by atoms with Crippen LogP contribution in [0.2, 0.25) is 0 Å². The van der Waals surface area contributed by atoms with Gasteiger partial charge in [-0.15, -0.1) is 6.42 Å². The van der Waals surface area contributed by atoms with Gasteiger partial charge in [-0.2, -0.15) is 10.1 Å². The van der Waals surface area contributed by atoms with Gasteiger partial charge >= 0.3 is 0 Å². The average Bonchev–Trinajstić information content (AvgIpc) is 3.09. The van der Waals surface area contributed by atoms with E-state index >= 15 is 0 Å². The van der Waals surface area contributed by atoms with Crippen LogP contribution in [-0.4, -0.2) is 20.3 Å². The lowest BCUT2D eigenvalue weighted by molar-refractivity contribution is 0.0986. The molecule has 0 spiro atoms. The molecule has 0 saturated heterocycles. The highest BCUT2D eigenvalue weighted by atomic mass is 32.1. The Hall–Kier alpha value is -2.79. The molecule has 0 aliphatic rings. The third kappa shape index (κ3) is 3.18. The number of benzene rings is 1. The van der Waals surface area contributed by atoms with Gasteiger partial charge in [0, 0.05) is 12.1 Å². The minimum absolute atomic E-state index is 0.0110. The topological polar surface area (TPSA) is 52.2 Å². The van der Waals surface area contributed by atoms with E-state index in [1.807, 2.05) is 13.8 Å². The molecule has 0 fully saturated rings. The Morgan fingerprint density at radius 3 is 2.77 bits per heavy atom. The first kappa shape index (κ1) is 18.0. The number of carbonyl (C=O) groups excluding carboxylic acids is 1. The number of hydrogen-bond acceptors (Lipinski definition) is 3. The maximum absolute atomic E-state index is 14.2. The van der Waals surface area contributed by atoms with Crippen molar-refractivity contribution >= 4 is 27.5 Å². The Morgan fingerprint density at radius 1 is 1.38 bits per heavy atom. The van der Waals surface area contributed by atoms with Crippen LogP contribution in [0, 0.1) is 30.9 Å². The maximum atomic E-state index is 14.2. The zero-order valence-corrected chi connectivity index (χ0v) is 15.3. The van der Waals surface area contributed by atoms with Gasteiger partial charge in [0.05, 0.1) is 22.5 Å². The monoisotopic (exact) mass is 374 g/mol. The number of aryl methyl sites for hydroxylation is 1. The lowest BCUT2D eigenvalue weighted by atomic mass is 10.3. The summed E-state index contributed by atoms with van der Waals surface area (Å²) in [6.07, 6.45) is 5.37. The summed E-state index contributed by atoms with van der Waals surface area (Å²) in [6.45, 7) is 5.60. The normalized spacial score (nSPS) is 12.1. The number of halogens is 2. The first-order valence-corrected chi connectivity index (χ1v) is 8.70. The van der Waals surface area contributed by atoms with E-state index in [1.165, 1.54) is 10.6 Å². The maximum Gasteiger partial charge on any atom is 0.297 e. The van der Waals surface area contributed by atoms with Crippen molar-refractivity contribution in [2.75, 3.05) is 0 Å². The van der Waals surface area contributed by atoms with Crippen LogP contribution in [0.4, 0.5) is 8.78 Å². The minimum atomic E-state index is -0.747. The van der Waals surface area contributed by atoms with E-state index in [2.05, 4.69) is 16.0 Å². The molecule has 5 nitrogen and oxygen atoms in total. The Bertz CT molecular complexity index is 1110. The molecule has 0 radical (unpaired) electrons. The largest absolute Gasteiger partial charge is 0.302 e. The summed E-state index contributed by atoms with van der Waals surface area (Å²) in [6, 6.07) is 3.60. The second-order valence-corrected chi connectivity index (χ2v) is 7.04. The van der Waals surface area contributed by atoms with Gasteiger partial charge in [0.1, 0.15) is 11.5 Å². The molecular weight excluding hydrogens is 358 g/mol. The van der Waals surface area contributed by atoms with Crippen LogP contribution in [-0.2, 0) is 6.54 Å². The number of amides is 1.